The SMILES string of the molecule is CCn1nccc1C(O)c1cc2cccc(C)c2o1. The fourth-order valence-corrected chi connectivity index (χ4v) is 2.35. The molecular weight excluding hydrogens is 240 g/mol. The summed E-state index contributed by atoms with van der Waals surface area (Å²) in [6, 6.07) is 9.67. The van der Waals surface area contributed by atoms with E-state index in [4.69, 9.17) is 4.42 Å². The summed E-state index contributed by atoms with van der Waals surface area (Å²) in [7, 11) is 0. The maximum absolute atomic E-state index is 10.4. The Morgan fingerprint density at radius 1 is 1.37 bits per heavy atom. The van der Waals surface area contributed by atoms with Gasteiger partial charge in [-0.1, -0.05) is 18.2 Å². The zero-order valence-corrected chi connectivity index (χ0v) is 11.0. The van der Waals surface area contributed by atoms with Crippen LogP contribution in [0.1, 0.15) is 30.0 Å². The van der Waals surface area contributed by atoms with Crippen LogP contribution in [0.2, 0.25) is 0 Å². The van der Waals surface area contributed by atoms with Crippen LogP contribution in [-0.4, -0.2) is 14.9 Å². The highest BCUT2D eigenvalue weighted by molar-refractivity contribution is 5.81. The van der Waals surface area contributed by atoms with Crippen molar-refractivity contribution in [2.45, 2.75) is 26.5 Å². The molecule has 1 atom stereocenters. The number of furan rings is 1. The van der Waals surface area contributed by atoms with Gasteiger partial charge >= 0.3 is 0 Å². The molecule has 3 aromatic rings. The summed E-state index contributed by atoms with van der Waals surface area (Å²) in [4.78, 5) is 0. The number of aliphatic hydroxyl groups excluding tert-OH is 1. The number of aliphatic hydroxyl groups is 1. The van der Waals surface area contributed by atoms with E-state index in [0.29, 0.717) is 5.76 Å². The lowest BCUT2D eigenvalue weighted by Crippen LogP contribution is -2.08. The second-order valence-electron chi connectivity index (χ2n) is 4.62. The molecule has 1 N–H and O–H groups in total. The summed E-state index contributed by atoms with van der Waals surface area (Å²) in [6.45, 7) is 4.71. The first-order valence-corrected chi connectivity index (χ1v) is 6.39. The highest BCUT2D eigenvalue weighted by Crippen LogP contribution is 2.29. The Labute approximate surface area is 111 Å². The van der Waals surface area contributed by atoms with Crippen LogP contribution in [0, 0.1) is 6.92 Å². The van der Waals surface area contributed by atoms with Crippen molar-refractivity contribution in [2.75, 3.05) is 0 Å². The molecule has 2 heterocycles. The minimum Gasteiger partial charge on any atom is -0.458 e. The number of rotatable bonds is 3. The Balaban J connectivity index is 2.07. The van der Waals surface area contributed by atoms with Crippen LogP contribution < -0.4 is 0 Å². The number of fused-ring (bicyclic) bond motifs is 1. The Morgan fingerprint density at radius 3 is 2.95 bits per heavy atom. The molecule has 1 aromatic carbocycles. The van der Waals surface area contributed by atoms with E-state index in [9.17, 15) is 5.11 Å². The number of aryl methyl sites for hydroxylation is 2. The van der Waals surface area contributed by atoms with E-state index in [1.807, 2.05) is 44.2 Å². The lowest BCUT2D eigenvalue weighted by molar-refractivity contribution is 0.181. The van der Waals surface area contributed by atoms with Gasteiger partial charge in [-0.2, -0.15) is 5.10 Å². The molecule has 0 radical (unpaired) electrons. The Bertz CT molecular complexity index is 712. The van der Waals surface area contributed by atoms with Crippen molar-refractivity contribution in [3.63, 3.8) is 0 Å². The molecule has 4 heteroatoms. The van der Waals surface area contributed by atoms with Gasteiger partial charge in [0, 0.05) is 18.1 Å². The lowest BCUT2D eigenvalue weighted by Gasteiger charge is -2.09. The Morgan fingerprint density at radius 2 is 2.21 bits per heavy atom. The quantitative estimate of drug-likeness (QED) is 0.783. The molecule has 98 valence electrons. The van der Waals surface area contributed by atoms with E-state index in [-0.39, 0.29) is 0 Å². The predicted octanol–water partition coefficient (Wildman–Crippen LogP) is 3.04. The molecule has 0 fully saturated rings. The molecule has 3 rings (SSSR count). The van der Waals surface area contributed by atoms with Crippen molar-refractivity contribution < 1.29 is 9.52 Å². The number of para-hydroxylation sites is 1. The average molecular weight is 256 g/mol. The van der Waals surface area contributed by atoms with Gasteiger partial charge in [0.1, 0.15) is 11.3 Å². The van der Waals surface area contributed by atoms with E-state index in [1.54, 1.807) is 10.9 Å². The van der Waals surface area contributed by atoms with Crippen LogP contribution in [-0.2, 0) is 6.54 Å². The minimum atomic E-state index is -0.783. The van der Waals surface area contributed by atoms with Crippen LogP contribution in [0.3, 0.4) is 0 Å². The molecule has 0 spiro atoms. The van der Waals surface area contributed by atoms with Crippen LogP contribution in [0.5, 0.6) is 0 Å². The maximum atomic E-state index is 10.4. The number of hydrogen-bond acceptors (Lipinski definition) is 3. The molecule has 19 heavy (non-hydrogen) atoms. The van der Waals surface area contributed by atoms with Crippen LogP contribution in [0.4, 0.5) is 0 Å². The third kappa shape index (κ3) is 1.94. The second-order valence-corrected chi connectivity index (χ2v) is 4.62. The highest BCUT2D eigenvalue weighted by Gasteiger charge is 2.19. The molecule has 0 amide bonds. The van der Waals surface area contributed by atoms with Gasteiger partial charge in [-0.15, -0.1) is 0 Å². The normalized spacial score (nSPS) is 13.0. The van der Waals surface area contributed by atoms with Crippen molar-refractivity contribution >= 4 is 11.0 Å². The molecule has 0 aliphatic rings. The predicted molar refractivity (Wildman–Crippen MR) is 72.9 cm³/mol. The lowest BCUT2D eigenvalue weighted by atomic mass is 10.1. The van der Waals surface area contributed by atoms with Crippen LogP contribution in [0.15, 0.2) is 40.9 Å². The van der Waals surface area contributed by atoms with Gasteiger partial charge < -0.3 is 9.52 Å². The van der Waals surface area contributed by atoms with Crippen LogP contribution in [0.25, 0.3) is 11.0 Å². The fourth-order valence-electron chi connectivity index (χ4n) is 2.35. The minimum absolute atomic E-state index is 0.555. The molecule has 0 bridgehead atoms. The molecule has 0 aliphatic carbocycles. The molecule has 2 aromatic heterocycles. The van der Waals surface area contributed by atoms with Gasteiger partial charge in [-0.25, -0.2) is 0 Å². The number of aromatic nitrogens is 2. The Hall–Kier alpha value is -2.07. The van der Waals surface area contributed by atoms with E-state index < -0.39 is 6.10 Å². The molecule has 0 aliphatic heterocycles. The summed E-state index contributed by atoms with van der Waals surface area (Å²) in [5, 5.41) is 15.6. The van der Waals surface area contributed by atoms with Gasteiger partial charge in [-0.05, 0) is 31.5 Å². The number of nitrogens with zero attached hydrogens (tertiary/aromatic N) is 2. The standard InChI is InChI=1S/C15H16N2O2/c1-3-17-12(7-8-16-17)14(18)13-9-11-6-4-5-10(2)15(11)19-13/h4-9,14,18H,3H2,1-2H3. The van der Waals surface area contributed by atoms with E-state index >= 15 is 0 Å². The topological polar surface area (TPSA) is 51.2 Å². The monoisotopic (exact) mass is 256 g/mol. The summed E-state index contributed by atoms with van der Waals surface area (Å²) >= 11 is 0. The molecular formula is C15H16N2O2. The third-order valence-electron chi connectivity index (χ3n) is 3.36. The molecule has 0 saturated heterocycles. The summed E-state index contributed by atoms with van der Waals surface area (Å²) < 4.78 is 7.56. The highest BCUT2D eigenvalue weighted by atomic mass is 16.4. The number of hydrogen-bond donors (Lipinski definition) is 1. The van der Waals surface area contributed by atoms with Crippen molar-refractivity contribution in [1.82, 2.24) is 9.78 Å². The third-order valence-corrected chi connectivity index (χ3v) is 3.36. The van der Waals surface area contributed by atoms with E-state index in [0.717, 1.165) is 28.8 Å². The van der Waals surface area contributed by atoms with Crippen molar-refractivity contribution in [2.24, 2.45) is 0 Å². The first kappa shape index (κ1) is 12.0. The summed E-state index contributed by atoms with van der Waals surface area (Å²) in [5.74, 6) is 0.555. The van der Waals surface area contributed by atoms with Gasteiger partial charge in [0.2, 0.25) is 0 Å². The first-order chi connectivity index (χ1) is 9.20. The Kier molecular flexibility index (Phi) is 2.87. The number of benzene rings is 1. The van der Waals surface area contributed by atoms with E-state index in [1.165, 1.54) is 0 Å². The molecule has 0 saturated carbocycles. The fraction of sp³-hybridized carbons (Fsp3) is 0.267. The largest absolute Gasteiger partial charge is 0.458 e. The van der Waals surface area contributed by atoms with Gasteiger partial charge in [0.15, 0.2) is 6.10 Å². The summed E-state index contributed by atoms with van der Waals surface area (Å²) in [6.07, 6.45) is 0.907. The van der Waals surface area contributed by atoms with Crippen molar-refractivity contribution in [1.29, 1.82) is 0 Å². The van der Waals surface area contributed by atoms with Crippen molar-refractivity contribution in [3.8, 4) is 0 Å². The average Bonchev–Trinajstić information content (AvgIpc) is 3.04. The van der Waals surface area contributed by atoms with Crippen LogP contribution >= 0.6 is 0 Å². The zero-order valence-electron chi connectivity index (χ0n) is 11.0. The molecule has 1 unspecified atom stereocenters. The van der Waals surface area contributed by atoms with Crippen molar-refractivity contribution in [3.05, 3.63) is 53.5 Å². The second kappa shape index (κ2) is 4.55. The smallest absolute Gasteiger partial charge is 0.153 e. The van der Waals surface area contributed by atoms with E-state index in [2.05, 4.69) is 5.10 Å². The molecule has 4 nitrogen and oxygen atoms in total. The van der Waals surface area contributed by atoms with Gasteiger partial charge in [-0.3, -0.25) is 4.68 Å². The zero-order chi connectivity index (χ0) is 13.4. The first-order valence-electron chi connectivity index (χ1n) is 6.39. The van der Waals surface area contributed by atoms with Gasteiger partial charge in [0.05, 0.1) is 5.69 Å². The summed E-state index contributed by atoms with van der Waals surface area (Å²) in [5.41, 5.74) is 2.65. The maximum Gasteiger partial charge on any atom is 0.153 e. The van der Waals surface area contributed by atoms with Gasteiger partial charge in [0.25, 0.3) is 0 Å².